The maximum Gasteiger partial charge on any atom is 0.355 e. The maximum atomic E-state index is 10.9. The van der Waals surface area contributed by atoms with Crippen molar-refractivity contribution < 1.29 is 9.90 Å². The van der Waals surface area contributed by atoms with Crippen LogP contribution in [0.25, 0.3) is 0 Å². The number of hydrogen-bond donors (Lipinski definition) is 2. The van der Waals surface area contributed by atoms with Crippen LogP contribution in [0.2, 0.25) is 0 Å². The minimum absolute atomic E-state index is 0.0243. The molecule has 0 radical (unpaired) electrons. The molecule has 0 saturated heterocycles. The first-order valence-corrected chi connectivity index (χ1v) is 5.41. The fourth-order valence-electron chi connectivity index (χ4n) is 1.30. The number of hydrogen-bond acceptors (Lipinski definition) is 4. The fraction of sp³-hybridized carbons (Fsp3) is 0.444. The molecule has 0 unspecified atom stereocenters. The first-order valence-electron chi connectivity index (χ1n) is 4.62. The number of rotatable bonds is 3. The van der Waals surface area contributed by atoms with Gasteiger partial charge in [-0.1, -0.05) is 0 Å². The van der Waals surface area contributed by atoms with Gasteiger partial charge < -0.3 is 10.4 Å². The third kappa shape index (κ3) is 1.94. The molecule has 0 spiro atoms. The Hall–Kier alpha value is -1.17. The highest BCUT2D eigenvalue weighted by molar-refractivity contribution is 9.10. The molecule has 0 atom stereocenters. The van der Waals surface area contributed by atoms with E-state index in [0.717, 1.165) is 12.8 Å². The van der Waals surface area contributed by atoms with Crippen LogP contribution in [-0.4, -0.2) is 28.1 Å². The Bertz CT molecular complexity index is 418. The third-order valence-corrected chi connectivity index (χ3v) is 3.00. The predicted molar refractivity (Wildman–Crippen MR) is 58.2 cm³/mol. The van der Waals surface area contributed by atoms with Crippen molar-refractivity contribution in [2.75, 3.05) is 12.4 Å². The van der Waals surface area contributed by atoms with Gasteiger partial charge in [0.15, 0.2) is 5.69 Å². The molecule has 1 aromatic heterocycles. The maximum absolute atomic E-state index is 10.9. The summed E-state index contributed by atoms with van der Waals surface area (Å²) in [4.78, 5) is 19.2. The summed E-state index contributed by atoms with van der Waals surface area (Å²) in [5.41, 5.74) is 0.0243. The van der Waals surface area contributed by atoms with Gasteiger partial charge in [-0.25, -0.2) is 14.8 Å². The summed E-state index contributed by atoms with van der Waals surface area (Å²) < 4.78 is 0.405. The SMILES string of the molecule is CNc1nc(C2CC2)nc(C(=O)O)c1Br. The Morgan fingerprint density at radius 1 is 1.53 bits per heavy atom. The second kappa shape index (κ2) is 3.77. The normalized spacial score (nSPS) is 15.1. The van der Waals surface area contributed by atoms with Crippen LogP contribution in [0.15, 0.2) is 4.47 Å². The van der Waals surface area contributed by atoms with Gasteiger partial charge in [-0.05, 0) is 28.8 Å². The molecule has 1 aromatic rings. The van der Waals surface area contributed by atoms with Gasteiger partial charge in [-0.15, -0.1) is 0 Å². The number of nitrogens with zero attached hydrogens (tertiary/aromatic N) is 2. The smallest absolute Gasteiger partial charge is 0.355 e. The van der Waals surface area contributed by atoms with Crippen molar-refractivity contribution in [2.24, 2.45) is 0 Å². The number of anilines is 1. The van der Waals surface area contributed by atoms with Crippen molar-refractivity contribution >= 4 is 27.7 Å². The van der Waals surface area contributed by atoms with E-state index in [4.69, 9.17) is 5.11 Å². The molecule has 15 heavy (non-hydrogen) atoms. The van der Waals surface area contributed by atoms with Crippen LogP contribution in [0.4, 0.5) is 5.82 Å². The summed E-state index contributed by atoms with van der Waals surface area (Å²) in [6.07, 6.45) is 2.09. The van der Waals surface area contributed by atoms with Gasteiger partial charge in [0.05, 0.1) is 4.47 Å². The first-order chi connectivity index (χ1) is 7.13. The molecule has 2 N–H and O–H groups in total. The fourth-order valence-corrected chi connectivity index (χ4v) is 1.84. The van der Waals surface area contributed by atoms with Crippen molar-refractivity contribution in [3.8, 4) is 0 Å². The van der Waals surface area contributed by atoms with Crippen LogP contribution in [-0.2, 0) is 0 Å². The lowest BCUT2D eigenvalue weighted by Gasteiger charge is -2.07. The highest BCUT2D eigenvalue weighted by Crippen LogP contribution is 2.39. The summed E-state index contributed by atoms with van der Waals surface area (Å²) in [5, 5.41) is 11.8. The van der Waals surface area contributed by atoms with Gasteiger partial charge >= 0.3 is 5.97 Å². The predicted octanol–water partition coefficient (Wildman–Crippen LogP) is 1.86. The minimum Gasteiger partial charge on any atom is -0.476 e. The summed E-state index contributed by atoms with van der Waals surface area (Å²) in [5.74, 6) is 0.454. The van der Waals surface area contributed by atoms with Crippen molar-refractivity contribution in [1.29, 1.82) is 0 Å². The van der Waals surface area contributed by atoms with Gasteiger partial charge in [0.1, 0.15) is 11.6 Å². The number of nitrogens with one attached hydrogen (secondary N) is 1. The lowest BCUT2D eigenvalue weighted by Crippen LogP contribution is -2.09. The Morgan fingerprint density at radius 3 is 2.67 bits per heavy atom. The van der Waals surface area contributed by atoms with Crippen molar-refractivity contribution in [2.45, 2.75) is 18.8 Å². The average molecular weight is 272 g/mol. The molecule has 5 nitrogen and oxygen atoms in total. The number of aromatic nitrogens is 2. The highest BCUT2D eigenvalue weighted by Gasteiger charge is 2.29. The lowest BCUT2D eigenvalue weighted by atomic mass is 10.3. The van der Waals surface area contributed by atoms with Crippen LogP contribution in [0.1, 0.15) is 35.1 Å². The van der Waals surface area contributed by atoms with Crippen LogP contribution in [0.5, 0.6) is 0 Å². The molecule has 1 fully saturated rings. The number of carboxylic acid groups (broad SMARTS) is 1. The van der Waals surface area contributed by atoms with E-state index in [1.165, 1.54) is 0 Å². The van der Waals surface area contributed by atoms with E-state index in [2.05, 4.69) is 31.2 Å². The molecule has 0 aromatic carbocycles. The van der Waals surface area contributed by atoms with E-state index < -0.39 is 5.97 Å². The molecule has 0 bridgehead atoms. The van der Waals surface area contributed by atoms with Crippen molar-refractivity contribution in [3.63, 3.8) is 0 Å². The van der Waals surface area contributed by atoms with E-state index in [1.807, 2.05) is 0 Å². The van der Waals surface area contributed by atoms with E-state index in [0.29, 0.717) is 22.0 Å². The van der Waals surface area contributed by atoms with E-state index >= 15 is 0 Å². The standard InChI is InChI=1S/C9H10BrN3O2/c1-11-8-5(10)6(9(14)15)12-7(13-8)4-2-3-4/h4H,2-3H2,1H3,(H,14,15)(H,11,12,13). The molecule has 80 valence electrons. The Kier molecular flexibility index (Phi) is 2.60. The third-order valence-electron chi connectivity index (χ3n) is 2.25. The van der Waals surface area contributed by atoms with Crippen molar-refractivity contribution in [1.82, 2.24) is 9.97 Å². The van der Waals surface area contributed by atoms with E-state index in [-0.39, 0.29) is 5.69 Å². The minimum atomic E-state index is -1.04. The summed E-state index contributed by atoms with van der Waals surface area (Å²) >= 11 is 3.18. The van der Waals surface area contributed by atoms with E-state index in [1.54, 1.807) is 7.05 Å². The van der Waals surface area contributed by atoms with Crippen LogP contribution in [0, 0.1) is 0 Å². The van der Waals surface area contributed by atoms with Gasteiger partial charge in [0.25, 0.3) is 0 Å². The molecule has 2 rings (SSSR count). The summed E-state index contributed by atoms with van der Waals surface area (Å²) in [6, 6.07) is 0. The average Bonchev–Trinajstić information content (AvgIpc) is 3.01. The molecular weight excluding hydrogens is 262 g/mol. The molecule has 1 saturated carbocycles. The van der Waals surface area contributed by atoms with E-state index in [9.17, 15) is 4.79 Å². The molecule has 1 aliphatic rings. The van der Waals surface area contributed by atoms with Crippen LogP contribution >= 0.6 is 15.9 Å². The highest BCUT2D eigenvalue weighted by atomic mass is 79.9. The monoisotopic (exact) mass is 271 g/mol. The quantitative estimate of drug-likeness (QED) is 0.878. The zero-order chi connectivity index (χ0) is 11.0. The number of halogens is 1. The molecule has 6 heteroatoms. The largest absolute Gasteiger partial charge is 0.476 e. The van der Waals surface area contributed by atoms with Gasteiger partial charge in [-0.3, -0.25) is 0 Å². The number of carboxylic acids is 1. The van der Waals surface area contributed by atoms with Crippen LogP contribution < -0.4 is 5.32 Å². The van der Waals surface area contributed by atoms with Gasteiger partial charge in [0, 0.05) is 13.0 Å². The second-order valence-electron chi connectivity index (χ2n) is 3.42. The molecule has 0 aliphatic heterocycles. The molecule has 1 aliphatic carbocycles. The number of aromatic carboxylic acids is 1. The molecule has 1 heterocycles. The Labute approximate surface area is 95.1 Å². The van der Waals surface area contributed by atoms with Crippen molar-refractivity contribution in [3.05, 3.63) is 16.0 Å². The molecule has 0 amide bonds. The zero-order valence-electron chi connectivity index (χ0n) is 8.12. The second-order valence-corrected chi connectivity index (χ2v) is 4.22. The first kappa shape index (κ1) is 10.4. The zero-order valence-corrected chi connectivity index (χ0v) is 9.71. The van der Waals surface area contributed by atoms with Crippen LogP contribution in [0.3, 0.4) is 0 Å². The molecular formula is C9H10BrN3O2. The van der Waals surface area contributed by atoms with Gasteiger partial charge in [0.2, 0.25) is 0 Å². The Balaban J connectivity index is 2.52. The summed E-state index contributed by atoms with van der Waals surface area (Å²) in [7, 11) is 1.70. The van der Waals surface area contributed by atoms with Gasteiger partial charge in [-0.2, -0.15) is 0 Å². The Morgan fingerprint density at radius 2 is 2.20 bits per heavy atom. The topological polar surface area (TPSA) is 75.1 Å². The lowest BCUT2D eigenvalue weighted by molar-refractivity contribution is 0.0689. The number of carbonyl (C=O) groups is 1. The summed E-state index contributed by atoms with van der Waals surface area (Å²) in [6.45, 7) is 0.